The van der Waals surface area contributed by atoms with Crippen LogP contribution in [-0.4, -0.2) is 20.9 Å². The normalized spacial score (nSPS) is 12.3. The van der Waals surface area contributed by atoms with Crippen LogP contribution in [0.4, 0.5) is 5.69 Å². The SMILES string of the molecule is Cc1ccc(C(=O)Nc2cccc3c2CCC3)cc1Oc1ncccc1-c1ccncn1. The zero-order valence-electron chi connectivity index (χ0n) is 17.7. The van der Waals surface area contributed by atoms with E-state index in [2.05, 4.69) is 26.3 Å². The second-order valence-electron chi connectivity index (χ2n) is 7.78. The van der Waals surface area contributed by atoms with Crippen LogP contribution in [0.2, 0.25) is 0 Å². The van der Waals surface area contributed by atoms with Crippen molar-refractivity contribution in [1.82, 2.24) is 15.0 Å². The first-order valence-corrected chi connectivity index (χ1v) is 10.6. The quantitative estimate of drug-likeness (QED) is 0.467. The van der Waals surface area contributed by atoms with E-state index in [9.17, 15) is 4.79 Å². The standard InChI is InChI=1S/C26H22N4O2/c1-17-10-11-19(25(31)30-23-9-3-6-18-5-2-7-20(18)23)15-24(17)32-26-21(8-4-13-28-26)22-12-14-27-16-29-22/h3-4,6,8-16H,2,5,7H2,1H3,(H,30,31). The molecule has 0 fully saturated rings. The average molecular weight is 422 g/mol. The van der Waals surface area contributed by atoms with Crippen molar-refractivity contribution in [3.63, 3.8) is 0 Å². The molecule has 1 aliphatic carbocycles. The predicted octanol–water partition coefficient (Wildman–Crippen LogP) is 5.38. The highest BCUT2D eigenvalue weighted by Gasteiger charge is 2.18. The van der Waals surface area contributed by atoms with Crippen molar-refractivity contribution in [2.45, 2.75) is 26.2 Å². The number of ether oxygens (including phenoxy) is 1. The van der Waals surface area contributed by atoms with Crippen molar-refractivity contribution in [3.05, 3.63) is 95.6 Å². The molecular formula is C26H22N4O2. The molecule has 4 aromatic rings. The predicted molar refractivity (Wildman–Crippen MR) is 123 cm³/mol. The molecule has 0 bridgehead atoms. The highest BCUT2D eigenvalue weighted by atomic mass is 16.5. The number of carbonyl (C=O) groups excluding carboxylic acids is 1. The Balaban J connectivity index is 1.42. The van der Waals surface area contributed by atoms with Crippen LogP contribution >= 0.6 is 0 Å². The van der Waals surface area contributed by atoms with Gasteiger partial charge in [-0.05, 0) is 79.3 Å². The Morgan fingerprint density at radius 1 is 1.00 bits per heavy atom. The van der Waals surface area contributed by atoms with E-state index in [1.807, 2.05) is 43.3 Å². The molecule has 0 aliphatic heterocycles. The van der Waals surface area contributed by atoms with Crippen molar-refractivity contribution in [2.24, 2.45) is 0 Å². The number of aromatic nitrogens is 3. The third-order valence-electron chi connectivity index (χ3n) is 5.68. The molecule has 0 atom stereocenters. The monoisotopic (exact) mass is 422 g/mol. The van der Waals surface area contributed by atoms with Gasteiger partial charge in [0, 0.05) is 23.6 Å². The van der Waals surface area contributed by atoms with Gasteiger partial charge >= 0.3 is 0 Å². The van der Waals surface area contributed by atoms with Crippen LogP contribution in [0.15, 0.2) is 73.3 Å². The van der Waals surface area contributed by atoms with Gasteiger partial charge in [0.1, 0.15) is 12.1 Å². The number of fused-ring (bicyclic) bond motifs is 1. The number of pyridine rings is 1. The van der Waals surface area contributed by atoms with Crippen molar-refractivity contribution >= 4 is 11.6 Å². The molecular weight excluding hydrogens is 400 g/mol. The number of carbonyl (C=O) groups is 1. The largest absolute Gasteiger partial charge is 0.438 e. The van der Waals surface area contributed by atoms with Gasteiger partial charge in [-0.15, -0.1) is 0 Å². The molecule has 0 unspecified atom stereocenters. The van der Waals surface area contributed by atoms with Crippen molar-refractivity contribution in [2.75, 3.05) is 5.32 Å². The molecule has 0 spiro atoms. The Labute approximate surface area is 186 Å². The number of aryl methyl sites for hydroxylation is 2. The number of anilines is 1. The fraction of sp³-hybridized carbons (Fsp3) is 0.154. The summed E-state index contributed by atoms with van der Waals surface area (Å²) in [4.78, 5) is 25.7. The number of benzene rings is 2. The number of hydrogen-bond acceptors (Lipinski definition) is 5. The van der Waals surface area contributed by atoms with Crippen LogP contribution in [0.25, 0.3) is 11.3 Å². The molecule has 6 nitrogen and oxygen atoms in total. The molecule has 0 radical (unpaired) electrons. The maximum atomic E-state index is 13.0. The summed E-state index contributed by atoms with van der Waals surface area (Å²) in [5, 5.41) is 3.08. The van der Waals surface area contributed by atoms with Gasteiger partial charge in [0.05, 0.1) is 11.3 Å². The summed E-state index contributed by atoms with van der Waals surface area (Å²) in [6.07, 6.45) is 8.03. The lowest BCUT2D eigenvalue weighted by atomic mass is 10.1. The Hall–Kier alpha value is -4.06. The summed E-state index contributed by atoms with van der Waals surface area (Å²) in [5.41, 5.74) is 6.36. The number of nitrogens with one attached hydrogen (secondary N) is 1. The summed E-state index contributed by atoms with van der Waals surface area (Å²) in [5.74, 6) is 0.838. The Morgan fingerprint density at radius 2 is 1.94 bits per heavy atom. The molecule has 1 amide bonds. The van der Waals surface area contributed by atoms with Crippen LogP contribution in [0, 0.1) is 6.92 Å². The maximum Gasteiger partial charge on any atom is 0.255 e. The summed E-state index contributed by atoms with van der Waals surface area (Å²) < 4.78 is 6.16. The Kier molecular flexibility index (Phi) is 5.34. The van der Waals surface area contributed by atoms with Crippen LogP contribution in [0.1, 0.15) is 33.5 Å². The first-order chi connectivity index (χ1) is 15.7. The summed E-state index contributed by atoms with van der Waals surface area (Å²) >= 11 is 0. The zero-order valence-corrected chi connectivity index (χ0v) is 17.7. The highest BCUT2D eigenvalue weighted by molar-refractivity contribution is 6.05. The van der Waals surface area contributed by atoms with E-state index >= 15 is 0 Å². The van der Waals surface area contributed by atoms with Gasteiger partial charge in [-0.25, -0.2) is 15.0 Å². The van der Waals surface area contributed by atoms with Crippen LogP contribution in [0.5, 0.6) is 11.6 Å². The molecule has 1 aliphatic rings. The van der Waals surface area contributed by atoms with Crippen LogP contribution in [-0.2, 0) is 12.8 Å². The lowest BCUT2D eigenvalue weighted by molar-refractivity contribution is 0.102. The number of amides is 1. The van der Waals surface area contributed by atoms with Crippen LogP contribution in [0.3, 0.4) is 0 Å². The summed E-state index contributed by atoms with van der Waals surface area (Å²) in [6, 6.07) is 17.1. The van der Waals surface area contributed by atoms with Crippen molar-refractivity contribution < 1.29 is 9.53 Å². The first kappa shape index (κ1) is 19.9. The smallest absolute Gasteiger partial charge is 0.255 e. The minimum Gasteiger partial charge on any atom is -0.438 e. The average Bonchev–Trinajstić information content (AvgIpc) is 3.31. The van der Waals surface area contributed by atoms with Gasteiger partial charge in [0.25, 0.3) is 5.91 Å². The van der Waals surface area contributed by atoms with E-state index in [0.29, 0.717) is 22.9 Å². The van der Waals surface area contributed by atoms with Gasteiger partial charge in [-0.1, -0.05) is 18.2 Å². The van der Waals surface area contributed by atoms with Crippen molar-refractivity contribution in [3.8, 4) is 22.9 Å². The molecule has 0 saturated carbocycles. The van der Waals surface area contributed by atoms with Gasteiger partial charge in [0.2, 0.25) is 5.88 Å². The molecule has 2 aromatic heterocycles. The molecule has 158 valence electrons. The van der Waals surface area contributed by atoms with Crippen molar-refractivity contribution in [1.29, 1.82) is 0 Å². The lowest BCUT2D eigenvalue weighted by Gasteiger charge is -2.14. The fourth-order valence-electron chi connectivity index (χ4n) is 4.00. The molecule has 1 N–H and O–H groups in total. The minimum atomic E-state index is -0.160. The lowest BCUT2D eigenvalue weighted by Crippen LogP contribution is -2.13. The van der Waals surface area contributed by atoms with E-state index in [1.165, 1.54) is 17.5 Å². The molecule has 0 saturated heterocycles. The summed E-state index contributed by atoms with van der Waals surface area (Å²) in [7, 11) is 0. The van der Waals surface area contributed by atoms with Crippen LogP contribution < -0.4 is 10.1 Å². The van der Waals surface area contributed by atoms with E-state index in [4.69, 9.17) is 4.74 Å². The zero-order chi connectivity index (χ0) is 21.9. The Morgan fingerprint density at radius 3 is 2.81 bits per heavy atom. The number of hydrogen-bond donors (Lipinski definition) is 1. The van der Waals surface area contributed by atoms with Gasteiger partial charge in [0.15, 0.2) is 0 Å². The second-order valence-corrected chi connectivity index (χ2v) is 7.78. The molecule has 2 aromatic carbocycles. The molecule has 6 heteroatoms. The minimum absolute atomic E-state index is 0.160. The van der Waals surface area contributed by atoms with E-state index in [-0.39, 0.29) is 5.91 Å². The fourth-order valence-corrected chi connectivity index (χ4v) is 4.00. The molecule has 5 rings (SSSR count). The topological polar surface area (TPSA) is 77.0 Å². The first-order valence-electron chi connectivity index (χ1n) is 10.6. The van der Waals surface area contributed by atoms with Gasteiger partial charge in [-0.2, -0.15) is 0 Å². The Bertz CT molecular complexity index is 1290. The maximum absolute atomic E-state index is 13.0. The highest BCUT2D eigenvalue weighted by Crippen LogP contribution is 2.33. The van der Waals surface area contributed by atoms with E-state index in [1.54, 1.807) is 24.5 Å². The number of rotatable bonds is 5. The third kappa shape index (κ3) is 3.95. The molecule has 2 heterocycles. The third-order valence-corrected chi connectivity index (χ3v) is 5.68. The number of nitrogens with zero attached hydrogens (tertiary/aromatic N) is 3. The van der Waals surface area contributed by atoms with E-state index < -0.39 is 0 Å². The van der Waals surface area contributed by atoms with E-state index in [0.717, 1.165) is 36.1 Å². The molecule has 32 heavy (non-hydrogen) atoms. The van der Waals surface area contributed by atoms with Gasteiger partial charge < -0.3 is 10.1 Å². The summed E-state index contributed by atoms with van der Waals surface area (Å²) in [6.45, 7) is 1.94. The second kappa shape index (κ2) is 8.59. The van der Waals surface area contributed by atoms with Gasteiger partial charge in [-0.3, -0.25) is 4.79 Å².